The molecule has 2 aromatic carbocycles. The van der Waals surface area contributed by atoms with Gasteiger partial charge in [-0.3, -0.25) is 4.79 Å². The van der Waals surface area contributed by atoms with Crippen molar-refractivity contribution < 1.29 is 13.9 Å². The second-order valence-electron chi connectivity index (χ2n) is 5.94. The lowest BCUT2D eigenvalue weighted by Gasteiger charge is -2.26. The number of rotatable bonds is 4. The Hall–Kier alpha value is -2.88. The van der Waals surface area contributed by atoms with Crippen LogP contribution in [0.3, 0.4) is 0 Å². The first-order valence-electron chi connectivity index (χ1n) is 8.08. The van der Waals surface area contributed by atoms with Crippen LogP contribution in [0.2, 0.25) is 0 Å². The highest BCUT2D eigenvalue weighted by molar-refractivity contribution is 6.09. The molecule has 2 heterocycles. The molecule has 1 atom stereocenters. The first kappa shape index (κ1) is 14.7. The Balaban J connectivity index is 1.78. The van der Waals surface area contributed by atoms with Crippen molar-refractivity contribution in [3.8, 4) is 0 Å². The van der Waals surface area contributed by atoms with Crippen molar-refractivity contribution in [2.75, 3.05) is 0 Å². The summed E-state index contributed by atoms with van der Waals surface area (Å²) in [5.74, 6) is 0.146. The Morgan fingerprint density at radius 2 is 1.92 bits per heavy atom. The van der Waals surface area contributed by atoms with E-state index in [2.05, 4.69) is 4.99 Å². The van der Waals surface area contributed by atoms with Crippen molar-refractivity contribution >= 4 is 22.8 Å². The van der Waals surface area contributed by atoms with Gasteiger partial charge < -0.3 is 9.15 Å². The Morgan fingerprint density at radius 3 is 2.71 bits per heavy atom. The van der Waals surface area contributed by atoms with Gasteiger partial charge in [-0.2, -0.15) is 4.99 Å². The summed E-state index contributed by atoms with van der Waals surface area (Å²) in [7, 11) is 0. The van der Waals surface area contributed by atoms with Crippen LogP contribution in [-0.2, 0) is 15.1 Å². The molecule has 0 bridgehead atoms. The first-order chi connectivity index (χ1) is 11.7. The maximum Gasteiger partial charge on any atom is 0.297 e. The summed E-state index contributed by atoms with van der Waals surface area (Å²) >= 11 is 0. The summed E-state index contributed by atoms with van der Waals surface area (Å²) in [5, 5.41) is 0.951. The normalized spacial score (nSPS) is 20.2. The third kappa shape index (κ3) is 2.22. The van der Waals surface area contributed by atoms with E-state index in [9.17, 15) is 4.79 Å². The molecule has 1 aliphatic heterocycles. The van der Waals surface area contributed by atoms with Crippen molar-refractivity contribution in [2.24, 2.45) is 4.99 Å². The van der Waals surface area contributed by atoms with Gasteiger partial charge in [0.25, 0.3) is 5.91 Å². The molecule has 0 aliphatic carbocycles. The molecule has 1 aromatic heterocycles. The van der Waals surface area contributed by atoms with Crippen molar-refractivity contribution in [3.05, 3.63) is 72.0 Å². The van der Waals surface area contributed by atoms with Crippen LogP contribution in [0.4, 0.5) is 0 Å². The van der Waals surface area contributed by atoms with Crippen molar-refractivity contribution in [1.82, 2.24) is 0 Å². The molecule has 3 aromatic rings. The molecule has 1 aliphatic rings. The molecule has 4 rings (SSSR count). The Bertz CT molecular complexity index is 926. The van der Waals surface area contributed by atoms with Crippen molar-refractivity contribution in [2.45, 2.75) is 25.4 Å². The summed E-state index contributed by atoms with van der Waals surface area (Å²) in [4.78, 5) is 17.0. The fraction of sp³-hybridized carbons (Fsp3) is 0.200. The number of carbonyl (C=O) groups excluding carboxylic acids is 1. The zero-order valence-corrected chi connectivity index (χ0v) is 13.4. The minimum Gasteiger partial charge on any atom is -0.464 e. The highest BCUT2D eigenvalue weighted by Gasteiger charge is 2.47. The Morgan fingerprint density at radius 1 is 1.08 bits per heavy atom. The third-order valence-corrected chi connectivity index (χ3v) is 4.36. The number of amides is 1. The lowest BCUT2D eigenvalue weighted by Crippen LogP contribution is -2.34. The minimum atomic E-state index is -1.05. The number of carbonyl (C=O) groups is 1. The summed E-state index contributed by atoms with van der Waals surface area (Å²) < 4.78 is 11.6. The average molecular weight is 319 g/mol. The molecule has 0 N–H and O–H groups in total. The molecule has 0 spiro atoms. The van der Waals surface area contributed by atoms with Crippen LogP contribution in [0.15, 0.2) is 70.3 Å². The summed E-state index contributed by atoms with van der Waals surface area (Å²) in [5.41, 5.74) is 1.37. The average Bonchev–Trinajstić information content (AvgIpc) is 3.21. The lowest BCUT2D eigenvalue weighted by atomic mass is 9.88. The van der Waals surface area contributed by atoms with Gasteiger partial charge in [0.05, 0.1) is 6.26 Å². The van der Waals surface area contributed by atoms with Gasteiger partial charge in [-0.1, -0.05) is 37.6 Å². The van der Waals surface area contributed by atoms with Gasteiger partial charge in [0.2, 0.25) is 11.5 Å². The van der Waals surface area contributed by atoms with Crippen molar-refractivity contribution in [1.29, 1.82) is 0 Å². The van der Waals surface area contributed by atoms with Crippen LogP contribution < -0.4 is 0 Å². The second-order valence-corrected chi connectivity index (χ2v) is 5.94. The zero-order valence-electron chi connectivity index (χ0n) is 13.4. The van der Waals surface area contributed by atoms with Crippen LogP contribution in [0, 0.1) is 0 Å². The second kappa shape index (κ2) is 5.64. The summed E-state index contributed by atoms with van der Waals surface area (Å²) in [6, 6.07) is 17.1. The van der Waals surface area contributed by atoms with Gasteiger partial charge in [0, 0.05) is 22.9 Å². The number of fused-ring (bicyclic) bond motifs is 1. The largest absolute Gasteiger partial charge is 0.464 e. The number of furan rings is 1. The SMILES string of the molecule is CCC[C@]1(c2ccc3occc3c2)OC(c2ccccc2)=NC1=O. The topological polar surface area (TPSA) is 51.8 Å². The van der Waals surface area contributed by atoms with E-state index in [1.807, 2.05) is 61.5 Å². The highest BCUT2D eigenvalue weighted by atomic mass is 16.5. The number of hydrogen-bond acceptors (Lipinski definition) is 3. The van der Waals surface area contributed by atoms with Crippen LogP contribution >= 0.6 is 0 Å². The molecule has 1 amide bonds. The maximum atomic E-state index is 12.8. The van der Waals surface area contributed by atoms with Crippen LogP contribution in [-0.4, -0.2) is 11.8 Å². The summed E-state index contributed by atoms with van der Waals surface area (Å²) in [6.45, 7) is 2.04. The maximum absolute atomic E-state index is 12.8. The van der Waals surface area contributed by atoms with Gasteiger partial charge in [-0.15, -0.1) is 0 Å². The minimum absolute atomic E-state index is 0.244. The van der Waals surface area contributed by atoms with E-state index in [1.54, 1.807) is 6.26 Å². The van der Waals surface area contributed by atoms with Gasteiger partial charge in [-0.25, -0.2) is 0 Å². The van der Waals surface area contributed by atoms with Gasteiger partial charge in [0.15, 0.2) is 0 Å². The molecule has 0 saturated heterocycles. The smallest absolute Gasteiger partial charge is 0.297 e. The Labute approximate surface area is 139 Å². The fourth-order valence-electron chi connectivity index (χ4n) is 3.17. The molecule has 0 unspecified atom stereocenters. The molecule has 24 heavy (non-hydrogen) atoms. The Kier molecular flexibility index (Phi) is 3.45. The molecule has 0 saturated carbocycles. The van der Waals surface area contributed by atoms with Gasteiger partial charge in [0.1, 0.15) is 5.58 Å². The van der Waals surface area contributed by atoms with E-state index >= 15 is 0 Å². The van der Waals surface area contributed by atoms with E-state index < -0.39 is 5.60 Å². The van der Waals surface area contributed by atoms with Gasteiger partial charge >= 0.3 is 0 Å². The predicted molar refractivity (Wildman–Crippen MR) is 91.9 cm³/mol. The highest BCUT2D eigenvalue weighted by Crippen LogP contribution is 2.39. The van der Waals surface area contributed by atoms with E-state index in [4.69, 9.17) is 9.15 Å². The molecule has 120 valence electrons. The molecule has 4 nitrogen and oxygen atoms in total. The summed E-state index contributed by atoms with van der Waals surface area (Å²) in [6.07, 6.45) is 3.03. The lowest BCUT2D eigenvalue weighted by molar-refractivity contribution is -0.132. The standard InChI is InChI=1S/C20H17NO3/c1-2-11-20(16-8-9-17-15(13-16)10-12-23-17)19(22)21-18(24-20)14-6-4-3-5-7-14/h3-10,12-13H,2,11H2,1H3/t20-/m1/s1. The molecule has 4 heteroatoms. The predicted octanol–water partition coefficient (Wildman–Crippen LogP) is 4.43. The molecular weight excluding hydrogens is 302 g/mol. The fourth-order valence-corrected chi connectivity index (χ4v) is 3.17. The van der Waals surface area contributed by atoms with E-state index in [1.165, 1.54) is 0 Å². The van der Waals surface area contributed by atoms with Crippen LogP contribution in [0.25, 0.3) is 11.0 Å². The molecule has 0 fully saturated rings. The quantitative estimate of drug-likeness (QED) is 0.714. The third-order valence-electron chi connectivity index (χ3n) is 4.36. The zero-order chi connectivity index (χ0) is 16.6. The van der Waals surface area contributed by atoms with Gasteiger partial charge in [-0.05, 0) is 30.3 Å². The molecular formula is C20H17NO3. The molecule has 0 radical (unpaired) electrons. The number of hydrogen-bond donors (Lipinski definition) is 0. The number of nitrogens with zero attached hydrogens (tertiary/aromatic N) is 1. The van der Waals surface area contributed by atoms with E-state index in [0.29, 0.717) is 12.3 Å². The number of aliphatic imine (C=N–C) groups is 1. The number of benzene rings is 2. The monoisotopic (exact) mass is 319 g/mol. The van der Waals surface area contributed by atoms with Crippen LogP contribution in [0.5, 0.6) is 0 Å². The van der Waals surface area contributed by atoms with Crippen LogP contribution in [0.1, 0.15) is 30.9 Å². The van der Waals surface area contributed by atoms with E-state index in [0.717, 1.165) is 28.5 Å². The first-order valence-corrected chi connectivity index (χ1v) is 8.08. The van der Waals surface area contributed by atoms with E-state index in [-0.39, 0.29) is 5.91 Å². The van der Waals surface area contributed by atoms with Crippen molar-refractivity contribution in [3.63, 3.8) is 0 Å². The number of ether oxygens (including phenoxy) is 1.